The van der Waals surface area contributed by atoms with Gasteiger partial charge in [-0.05, 0) is 60.6 Å². The van der Waals surface area contributed by atoms with E-state index in [4.69, 9.17) is 17.4 Å². The predicted molar refractivity (Wildman–Crippen MR) is 93.5 cm³/mol. The third-order valence-corrected chi connectivity index (χ3v) is 4.17. The molecule has 5 nitrogen and oxygen atoms in total. The Kier molecular flexibility index (Phi) is 5.12. The van der Waals surface area contributed by atoms with Crippen LogP contribution in [-0.4, -0.2) is 13.5 Å². The number of benzene rings is 2. The topological polar surface area (TPSA) is 84.2 Å². The summed E-state index contributed by atoms with van der Waals surface area (Å²) in [6, 6.07) is 14.0. The first-order valence-corrected chi connectivity index (χ1v) is 8.64. The van der Waals surface area contributed by atoms with Crippen LogP contribution in [0.15, 0.2) is 53.4 Å². The Morgan fingerprint density at radius 2 is 1.73 bits per heavy atom. The first-order chi connectivity index (χ1) is 10.4. The monoisotopic (exact) mass is 335 g/mol. The standard InChI is InChI=1S/C15H17N3O2S2/c1-2-11-4-3-5-13(10-11)18-15(21)17-12-6-8-14(9-7-12)22(16,19)20/h3-10H,2H2,1H3,(H2,16,19,20)(H2,17,18,21). The molecule has 2 rings (SSSR count). The van der Waals surface area contributed by atoms with Crippen molar-refractivity contribution in [3.05, 3.63) is 54.1 Å². The number of hydrogen-bond acceptors (Lipinski definition) is 3. The first kappa shape index (κ1) is 16.4. The van der Waals surface area contributed by atoms with Crippen LogP contribution in [0.3, 0.4) is 0 Å². The molecular weight excluding hydrogens is 318 g/mol. The van der Waals surface area contributed by atoms with Crippen molar-refractivity contribution in [3.8, 4) is 0 Å². The zero-order chi connectivity index (χ0) is 16.2. The van der Waals surface area contributed by atoms with E-state index in [2.05, 4.69) is 17.6 Å². The Labute approximate surface area is 135 Å². The lowest BCUT2D eigenvalue weighted by Gasteiger charge is -2.11. The molecule has 0 saturated carbocycles. The summed E-state index contributed by atoms with van der Waals surface area (Å²) in [5.74, 6) is 0. The molecule has 22 heavy (non-hydrogen) atoms. The Morgan fingerprint density at radius 1 is 1.09 bits per heavy atom. The van der Waals surface area contributed by atoms with Crippen LogP contribution in [-0.2, 0) is 16.4 Å². The molecule has 0 bridgehead atoms. The Hall–Kier alpha value is -1.96. The van der Waals surface area contributed by atoms with Crippen LogP contribution in [0, 0.1) is 0 Å². The summed E-state index contributed by atoms with van der Waals surface area (Å²) < 4.78 is 22.4. The maximum absolute atomic E-state index is 11.2. The summed E-state index contributed by atoms with van der Waals surface area (Å²) in [4.78, 5) is 0.0626. The van der Waals surface area contributed by atoms with Crippen molar-refractivity contribution in [2.24, 2.45) is 5.14 Å². The second kappa shape index (κ2) is 6.87. The number of anilines is 2. The van der Waals surface area contributed by atoms with Gasteiger partial charge in [0.2, 0.25) is 10.0 Å². The van der Waals surface area contributed by atoms with Crippen molar-refractivity contribution in [1.29, 1.82) is 0 Å². The maximum atomic E-state index is 11.2. The fourth-order valence-corrected chi connectivity index (χ4v) is 2.64. The van der Waals surface area contributed by atoms with E-state index in [1.54, 1.807) is 12.1 Å². The molecule has 0 aromatic heterocycles. The van der Waals surface area contributed by atoms with Gasteiger partial charge in [-0.1, -0.05) is 19.1 Å². The third-order valence-electron chi connectivity index (χ3n) is 3.03. The van der Waals surface area contributed by atoms with Crippen molar-refractivity contribution in [2.75, 3.05) is 10.6 Å². The van der Waals surface area contributed by atoms with Crippen molar-refractivity contribution in [1.82, 2.24) is 0 Å². The van der Waals surface area contributed by atoms with E-state index < -0.39 is 10.0 Å². The number of nitrogens with two attached hydrogens (primary N) is 1. The van der Waals surface area contributed by atoms with Gasteiger partial charge in [-0.15, -0.1) is 0 Å². The van der Waals surface area contributed by atoms with Crippen LogP contribution >= 0.6 is 12.2 Å². The molecule has 0 unspecified atom stereocenters. The molecular formula is C15H17N3O2S2. The molecule has 0 saturated heterocycles. The molecule has 2 aromatic rings. The summed E-state index contributed by atoms with van der Waals surface area (Å²) >= 11 is 5.24. The first-order valence-electron chi connectivity index (χ1n) is 6.68. The molecule has 116 valence electrons. The molecule has 0 amide bonds. The summed E-state index contributed by atoms with van der Waals surface area (Å²) in [5.41, 5.74) is 2.79. The zero-order valence-electron chi connectivity index (χ0n) is 12.0. The number of nitrogens with one attached hydrogen (secondary N) is 2. The molecule has 0 aliphatic heterocycles. The molecule has 4 N–H and O–H groups in total. The molecule has 0 heterocycles. The smallest absolute Gasteiger partial charge is 0.238 e. The zero-order valence-corrected chi connectivity index (χ0v) is 13.7. The molecule has 0 spiro atoms. The second-order valence-electron chi connectivity index (χ2n) is 4.70. The highest BCUT2D eigenvalue weighted by atomic mass is 32.2. The minimum absolute atomic E-state index is 0.0626. The van der Waals surface area contributed by atoms with Crippen molar-refractivity contribution in [2.45, 2.75) is 18.2 Å². The normalized spacial score (nSPS) is 11.0. The second-order valence-corrected chi connectivity index (χ2v) is 6.67. The van der Waals surface area contributed by atoms with E-state index in [0.29, 0.717) is 10.8 Å². The van der Waals surface area contributed by atoms with Gasteiger partial charge in [-0.3, -0.25) is 0 Å². The summed E-state index contributed by atoms with van der Waals surface area (Å²) in [7, 11) is -3.68. The molecule has 7 heteroatoms. The number of hydrogen-bond donors (Lipinski definition) is 3. The molecule has 0 aliphatic carbocycles. The van der Waals surface area contributed by atoms with Gasteiger partial charge in [0.05, 0.1) is 4.90 Å². The summed E-state index contributed by atoms with van der Waals surface area (Å²) in [6.07, 6.45) is 0.949. The minimum Gasteiger partial charge on any atom is -0.332 e. The van der Waals surface area contributed by atoms with Gasteiger partial charge in [0.1, 0.15) is 0 Å². The number of rotatable bonds is 4. The molecule has 0 aliphatic rings. The van der Waals surface area contributed by atoms with E-state index in [-0.39, 0.29) is 4.90 Å². The van der Waals surface area contributed by atoms with Gasteiger partial charge in [0, 0.05) is 11.4 Å². The highest BCUT2D eigenvalue weighted by Crippen LogP contribution is 2.14. The SMILES string of the molecule is CCc1cccc(NC(=S)Nc2ccc(S(N)(=O)=O)cc2)c1. The Morgan fingerprint density at radius 3 is 2.32 bits per heavy atom. The lowest BCUT2D eigenvalue weighted by atomic mass is 10.1. The van der Waals surface area contributed by atoms with Crippen LogP contribution in [0.2, 0.25) is 0 Å². The quantitative estimate of drug-likeness (QED) is 0.748. The fourth-order valence-electron chi connectivity index (χ4n) is 1.89. The molecule has 2 aromatic carbocycles. The maximum Gasteiger partial charge on any atom is 0.238 e. The lowest BCUT2D eigenvalue weighted by molar-refractivity contribution is 0.598. The highest BCUT2D eigenvalue weighted by molar-refractivity contribution is 7.89. The number of aryl methyl sites for hydroxylation is 1. The van der Waals surface area contributed by atoms with E-state index in [0.717, 1.165) is 12.1 Å². The summed E-state index contributed by atoms with van der Waals surface area (Å²) in [5, 5.41) is 11.6. The Balaban J connectivity index is 2.02. The van der Waals surface area contributed by atoms with Crippen molar-refractivity contribution in [3.63, 3.8) is 0 Å². The number of sulfonamides is 1. The summed E-state index contributed by atoms with van der Waals surface area (Å²) in [6.45, 7) is 2.09. The van der Waals surface area contributed by atoms with E-state index >= 15 is 0 Å². The fraction of sp³-hybridized carbons (Fsp3) is 0.133. The van der Waals surface area contributed by atoms with E-state index in [1.807, 2.05) is 24.3 Å². The average Bonchev–Trinajstić information content (AvgIpc) is 2.47. The minimum atomic E-state index is -3.68. The molecule has 0 atom stereocenters. The van der Waals surface area contributed by atoms with E-state index in [1.165, 1.54) is 17.7 Å². The van der Waals surface area contributed by atoms with Gasteiger partial charge in [0.25, 0.3) is 0 Å². The van der Waals surface area contributed by atoms with Gasteiger partial charge < -0.3 is 10.6 Å². The predicted octanol–water partition coefficient (Wildman–Crippen LogP) is 2.71. The highest BCUT2D eigenvalue weighted by Gasteiger charge is 2.07. The third kappa shape index (κ3) is 4.52. The van der Waals surface area contributed by atoms with Gasteiger partial charge in [-0.25, -0.2) is 13.6 Å². The average molecular weight is 335 g/mol. The molecule has 0 radical (unpaired) electrons. The number of thiocarbonyl (C=S) groups is 1. The lowest BCUT2D eigenvalue weighted by Crippen LogP contribution is -2.19. The van der Waals surface area contributed by atoms with Crippen molar-refractivity contribution < 1.29 is 8.42 Å². The van der Waals surface area contributed by atoms with Crippen molar-refractivity contribution >= 4 is 38.7 Å². The number of primary sulfonamides is 1. The van der Waals surface area contributed by atoms with Crippen LogP contribution in [0.25, 0.3) is 0 Å². The van der Waals surface area contributed by atoms with Crippen LogP contribution in [0.4, 0.5) is 11.4 Å². The Bertz CT molecular complexity index is 772. The van der Waals surface area contributed by atoms with Crippen LogP contribution < -0.4 is 15.8 Å². The van der Waals surface area contributed by atoms with E-state index in [9.17, 15) is 8.42 Å². The van der Waals surface area contributed by atoms with Gasteiger partial charge in [0.15, 0.2) is 5.11 Å². The largest absolute Gasteiger partial charge is 0.332 e. The van der Waals surface area contributed by atoms with Gasteiger partial charge in [-0.2, -0.15) is 0 Å². The molecule has 0 fully saturated rings. The van der Waals surface area contributed by atoms with Gasteiger partial charge >= 0.3 is 0 Å². The van der Waals surface area contributed by atoms with Crippen LogP contribution in [0.1, 0.15) is 12.5 Å². The van der Waals surface area contributed by atoms with Crippen LogP contribution in [0.5, 0.6) is 0 Å².